The fourth-order valence-electron chi connectivity index (χ4n) is 2.38. The lowest BCUT2D eigenvalue weighted by Gasteiger charge is -2.13. The minimum atomic E-state index is -0.573. The number of hydrogen-bond donors (Lipinski definition) is 1. The molecule has 6 nitrogen and oxygen atoms in total. The number of nitrogens with one attached hydrogen (secondary N) is 1. The number of methoxy groups -OCH3 is 1. The number of Topliss-reactive ketones (excluding diaryl/α,β-unsaturated/α-hetero) is 1. The van der Waals surface area contributed by atoms with Crippen molar-refractivity contribution in [1.82, 2.24) is 0 Å². The van der Waals surface area contributed by atoms with E-state index in [2.05, 4.69) is 5.32 Å². The predicted molar refractivity (Wildman–Crippen MR) is 110 cm³/mol. The number of ether oxygens (including phenoxy) is 2. The molecule has 1 N–H and O–H groups in total. The molecule has 29 heavy (non-hydrogen) atoms. The molecule has 0 fully saturated rings. The van der Waals surface area contributed by atoms with E-state index >= 15 is 0 Å². The first-order valence-corrected chi connectivity index (χ1v) is 9.86. The quantitative estimate of drug-likeness (QED) is 0.491. The molecular weight excluding hydrogens is 397 g/mol. The lowest BCUT2D eigenvalue weighted by Crippen LogP contribution is -2.21. The summed E-state index contributed by atoms with van der Waals surface area (Å²) in [5.74, 6) is -0.731. The molecule has 1 amide bonds. The molecule has 0 heterocycles. The molecule has 0 aliphatic rings. The zero-order chi connectivity index (χ0) is 21.4. The van der Waals surface area contributed by atoms with Gasteiger partial charge in [-0.05, 0) is 56.3 Å². The SMILES string of the molecule is COc1ccc(C(C)=O)cc1COC(=O)[C@@H](C)SCC(=O)Nc1ccc(F)cc1. The number of thioether (sulfide) groups is 1. The molecule has 0 aromatic heterocycles. The summed E-state index contributed by atoms with van der Waals surface area (Å²) in [4.78, 5) is 35.7. The summed E-state index contributed by atoms with van der Waals surface area (Å²) in [6.07, 6.45) is 0. The van der Waals surface area contributed by atoms with Crippen molar-refractivity contribution in [3.63, 3.8) is 0 Å². The molecule has 0 unspecified atom stereocenters. The van der Waals surface area contributed by atoms with E-state index in [0.717, 1.165) is 11.8 Å². The second-order valence-electron chi connectivity index (χ2n) is 6.20. The minimum Gasteiger partial charge on any atom is -0.496 e. The number of carbonyl (C=O) groups is 3. The largest absolute Gasteiger partial charge is 0.496 e. The molecule has 0 aliphatic heterocycles. The van der Waals surface area contributed by atoms with Crippen LogP contribution in [0.25, 0.3) is 0 Å². The molecule has 2 aromatic carbocycles. The van der Waals surface area contributed by atoms with Gasteiger partial charge in [-0.1, -0.05) is 0 Å². The molecule has 0 saturated heterocycles. The normalized spacial score (nSPS) is 11.4. The summed E-state index contributed by atoms with van der Waals surface area (Å²) in [6, 6.07) is 10.3. The Bertz CT molecular complexity index is 885. The molecule has 0 spiro atoms. The van der Waals surface area contributed by atoms with E-state index < -0.39 is 11.2 Å². The highest BCUT2D eigenvalue weighted by molar-refractivity contribution is 8.01. The summed E-state index contributed by atoms with van der Waals surface area (Å²) >= 11 is 1.12. The summed E-state index contributed by atoms with van der Waals surface area (Å²) in [7, 11) is 1.49. The number of halogens is 1. The summed E-state index contributed by atoms with van der Waals surface area (Å²) in [6.45, 7) is 3.05. The Morgan fingerprint density at radius 1 is 1.14 bits per heavy atom. The van der Waals surface area contributed by atoms with Crippen molar-refractivity contribution in [2.45, 2.75) is 25.7 Å². The highest BCUT2D eigenvalue weighted by Crippen LogP contribution is 2.22. The number of rotatable bonds is 9. The van der Waals surface area contributed by atoms with Crippen molar-refractivity contribution in [1.29, 1.82) is 0 Å². The topological polar surface area (TPSA) is 81.7 Å². The average Bonchev–Trinajstić information content (AvgIpc) is 2.71. The number of hydrogen-bond acceptors (Lipinski definition) is 6. The third-order valence-electron chi connectivity index (χ3n) is 3.98. The average molecular weight is 419 g/mol. The summed E-state index contributed by atoms with van der Waals surface area (Å²) < 4.78 is 23.4. The highest BCUT2D eigenvalue weighted by atomic mass is 32.2. The van der Waals surface area contributed by atoms with Gasteiger partial charge < -0.3 is 14.8 Å². The fraction of sp³-hybridized carbons (Fsp3) is 0.286. The maximum atomic E-state index is 12.9. The van der Waals surface area contributed by atoms with Gasteiger partial charge in [0.1, 0.15) is 23.4 Å². The van der Waals surface area contributed by atoms with Gasteiger partial charge in [-0.25, -0.2) is 4.39 Å². The number of benzene rings is 2. The predicted octanol–water partition coefficient (Wildman–Crippen LogP) is 3.84. The Kier molecular flexibility index (Phi) is 8.21. The van der Waals surface area contributed by atoms with E-state index in [0.29, 0.717) is 22.6 Å². The maximum absolute atomic E-state index is 12.9. The molecule has 0 bridgehead atoms. The van der Waals surface area contributed by atoms with Crippen LogP contribution >= 0.6 is 11.8 Å². The van der Waals surface area contributed by atoms with Gasteiger partial charge in [0.05, 0.1) is 12.9 Å². The van der Waals surface area contributed by atoms with Crippen LogP contribution in [0.4, 0.5) is 10.1 Å². The molecule has 154 valence electrons. The van der Waals surface area contributed by atoms with Gasteiger partial charge in [0.2, 0.25) is 5.91 Å². The van der Waals surface area contributed by atoms with E-state index in [-0.39, 0.29) is 29.9 Å². The monoisotopic (exact) mass is 419 g/mol. The van der Waals surface area contributed by atoms with Crippen LogP contribution in [0.1, 0.15) is 29.8 Å². The smallest absolute Gasteiger partial charge is 0.319 e. The van der Waals surface area contributed by atoms with E-state index in [1.54, 1.807) is 25.1 Å². The van der Waals surface area contributed by atoms with Gasteiger partial charge in [0, 0.05) is 16.8 Å². The van der Waals surface area contributed by atoms with Gasteiger partial charge in [-0.3, -0.25) is 14.4 Å². The van der Waals surface area contributed by atoms with Crippen LogP contribution in [-0.4, -0.2) is 35.8 Å². The van der Waals surface area contributed by atoms with Crippen LogP contribution in [0.3, 0.4) is 0 Å². The lowest BCUT2D eigenvalue weighted by molar-refractivity contribution is -0.143. The molecule has 0 aliphatic carbocycles. The second-order valence-corrected chi connectivity index (χ2v) is 7.53. The standard InChI is InChI=1S/C21H22FNO5S/c1-13(24)15-4-9-19(27-3)16(10-15)11-28-21(26)14(2)29-12-20(25)23-18-7-5-17(22)6-8-18/h4-10,14H,11-12H2,1-3H3,(H,23,25)/t14-/m1/s1. The van der Waals surface area contributed by atoms with Crippen molar-refractivity contribution in [3.05, 3.63) is 59.4 Å². The first kappa shape index (κ1) is 22.4. The van der Waals surface area contributed by atoms with Crippen LogP contribution in [-0.2, 0) is 20.9 Å². The third-order valence-corrected chi connectivity index (χ3v) is 5.10. The van der Waals surface area contributed by atoms with Crippen LogP contribution in [0, 0.1) is 5.82 Å². The third kappa shape index (κ3) is 6.90. The fourth-order valence-corrected chi connectivity index (χ4v) is 3.05. The first-order valence-electron chi connectivity index (χ1n) is 8.81. The van der Waals surface area contributed by atoms with E-state index in [4.69, 9.17) is 9.47 Å². The highest BCUT2D eigenvalue weighted by Gasteiger charge is 2.18. The summed E-state index contributed by atoms with van der Waals surface area (Å²) in [5.41, 5.74) is 1.56. The lowest BCUT2D eigenvalue weighted by atomic mass is 10.1. The van der Waals surface area contributed by atoms with Gasteiger partial charge in [-0.2, -0.15) is 0 Å². The maximum Gasteiger partial charge on any atom is 0.319 e. The van der Waals surface area contributed by atoms with E-state index in [1.165, 1.54) is 38.3 Å². The van der Waals surface area contributed by atoms with Crippen LogP contribution in [0.2, 0.25) is 0 Å². The van der Waals surface area contributed by atoms with E-state index in [1.807, 2.05) is 0 Å². The Balaban J connectivity index is 1.84. The molecule has 8 heteroatoms. The van der Waals surface area contributed by atoms with Crippen molar-refractivity contribution in [2.75, 3.05) is 18.2 Å². The second kappa shape index (κ2) is 10.6. The number of carbonyl (C=O) groups excluding carboxylic acids is 3. The van der Waals surface area contributed by atoms with Crippen molar-refractivity contribution in [3.8, 4) is 5.75 Å². The van der Waals surface area contributed by atoms with Crippen molar-refractivity contribution >= 4 is 35.1 Å². The number of ketones is 1. The zero-order valence-electron chi connectivity index (χ0n) is 16.4. The Hall–Kier alpha value is -2.87. The molecule has 2 aromatic rings. The van der Waals surface area contributed by atoms with Crippen molar-refractivity contribution in [2.24, 2.45) is 0 Å². The number of anilines is 1. The first-order chi connectivity index (χ1) is 13.8. The molecule has 2 rings (SSSR count). The molecule has 0 radical (unpaired) electrons. The Morgan fingerprint density at radius 2 is 1.83 bits per heavy atom. The van der Waals surface area contributed by atoms with E-state index in [9.17, 15) is 18.8 Å². The molecule has 0 saturated carbocycles. The molecule has 1 atom stereocenters. The van der Waals surface area contributed by atoms with Crippen LogP contribution < -0.4 is 10.1 Å². The van der Waals surface area contributed by atoms with Gasteiger partial charge in [-0.15, -0.1) is 11.8 Å². The zero-order valence-corrected chi connectivity index (χ0v) is 17.2. The van der Waals surface area contributed by atoms with Gasteiger partial charge >= 0.3 is 5.97 Å². The van der Waals surface area contributed by atoms with Crippen LogP contribution in [0.5, 0.6) is 5.75 Å². The molecular formula is C21H22FNO5S. The van der Waals surface area contributed by atoms with Gasteiger partial charge in [0.25, 0.3) is 0 Å². The summed E-state index contributed by atoms with van der Waals surface area (Å²) in [5, 5.41) is 2.05. The number of esters is 1. The Labute approximate surface area is 172 Å². The Morgan fingerprint density at radius 3 is 2.45 bits per heavy atom. The van der Waals surface area contributed by atoms with Crippen LogP contribution in [0.15, 0.2) is 42.5 Å². The van der Waals surface area contributed by atoms with Crippen molar-refractivity contribution < 1.29 is 28.2 Å². The van der Waals surface area contributed by atoms with Gasteiger partial charge in [0.15, 0.2) is 5.78 Å². The minimum absolute atomic E-state index is 0.0385. The number of amides is 1.